The molecule has 0 bridgehead atoms. The molecule has 15 heavy (non-hydrogen) atoms. The molecule has 1 aromatic carbocycles. The zero-order valence-corrected chi connectivity index (χ0v) is 9.50. The molecule has 78 valence electrons. The third-order valence-corrected chi connectivity index (χ3v) is 1.70. The van der Waals surface area contributed by atoms with Crippen LogP contribution in [0.15, 0.2) is 30.3 Å². The van der Waals surface area contributed by atoms with Gasteiger partial charge in [-0.05, 0) is 0 Å². The molecule has 2 rings (SSSR count). The lowest BCUT2D eigenvalue weighted by atomic mass is 10.2. The minimum absolute atomic E-state index is 0. The maximum absolute atomic E-state index is 5.45. The second-order valence-corrected chi connectivity index (χ2v) is 2.74. The number of nitrogen functional groups attached to an aromatic ring is 2. The van der Waals surface area contributed by atoms with Gasteiger partial charge in [0.25, 0.3) is 0 Å². The van der Waals surface area contributed by atoms with Crippen LogP contribution in [-0.4, -0.2) is 15.0 Å². The van der Waals surface area contributed by atoms with Crippen LogP contribution in [0.3, 0.4) is 0 Å². The van der Waals surface area contributed by atoms with Crippen LogP contribution < -0.4 is 11.5 Å². The molecule has 4 N–H and O–H groups in total. The number of nitrogens with zero attached hydrogens (tertiary/aromatic N) is 3. The van der Waals surface area contributed by atoms with Crippen molar-refractivity contribution in [2.45, 2.75) is 0 Å². The van der Waals surface area contributed by atoms with Crippen molar-refractivity contribution in [1.29, 1.82) is 0 Å². The Labute approximate surface area is 97.3 Å². The normalized spacial score (nSPS) is 9.33. The molecule has 0 spiro atoms. The Morgan fingerprint density at radius 3 is 1.87 bits per heavy atom. The van der Waals surface area contributed by atoms with Gasteiger partial charge in [0.2, 0.25) is 11.9 Å². The van der Waals surface area contributed by atoms with Gasteiger partial charge >= 0.3 is 0 Å². The van der Waals surface area contributed by atoms with Crippen LogP contribution in [0.25, 0.3) is 11.4 Å². The van der Waals surface area contributed by atoms with Crippen molar-refractivity contribution >= 4 is 28.9 Å². The number of hydrogen-bond donors (Lipinski definition) is 2. The molecule has 0 atom stereocenters. The van der Waals surface area contributed by atoms with Crippen molar-refractivity contribution in [3.05, 3.63) is 30.3 Å². The number of halogens is 1. The summed E-state index contributed by atoms with van der Waals surface area (Å²) in [5, 5.41) is 0. The molecule has 0 saturated carbocycles. The van der Waals surface area contributed by atoms with Gasteiger partial charge in [-0.15, -0.1) is 17.0 Å². The Bertz CT molecular complexity index is 425. The molecule has 0 aliphatic rings. The smallest absolute Gasteiger partial charge is 0.225 e. The van der Waals surface area contributed by atoms with E-state index in [0.717, 1.165) is 5.56 Å². The van der Waals surface area contributed by atoms with Crippen molar-refractivity contribution in [3.63, 3.8) is 0 Å². The van der Waals surface area contributed by atoms with Crippen molar-refractivity contribution in [2.75, 3.05) is 11.5 Å². The average molecular weight is 268 g/mol. The lowest BCUT2D eigenvalue weighted by Gasteiger charge is -2.00. The lowest BCUT2D eigenvalue weighted by Crippen LogP contribution is -2.04. The zero-order valence-electron chi connectivity index (χ0n) is 7.79. The van der Waals surface area contributed by atoms with Gasteiger partial charge in [-0.3, -0.25) is 0 Å². The number of hydrogen-bond acceptors (Lipinski definition) is 5. The van der Waals surface area contributed by atoms with Gasteiger partial charge in [-0.2, -0.15) is 15.0 Å². The van der Waals surface area contributed by atoms with Gasteiger partial charge in [0.05, 0.1) is 0 Å². The van der Waals surface area contributed by atoms with E-state index in [4.69, 9.17) is 11.5 Å². The van der Waals surface area contributed by atoms with E-state index >= 15 is 0 Å². The summed E-state index contributed by atoms with van der Waals surface area (Å²) in [6, 6.07) is 9.47. The Hall–Kier alpha value is -1.69. The van der Waals surface area contributed by atoms with Gasteiger partial charge < -0.3 is 11.5 Å². The fraction of sp³-hybridized carbons (Fsp3) is 0. The Morgan fingerprint density at radius 2 is 1.33 bits per heavy atom. The molecule has 0 saturated heterocycles. The van der Waals surface area contributed by atoms with Crippen molar-refractivity contribution in [2.24, 2.45) is 0 Å². The molecule has 1 heterocycles. The van der Waals surface area contributed by atoms with E-state index in [1.807, 2.05) is 30.3 Å². The summed E-state index contributed by atoms with van der Waals surface area (Å²) in [5.74, 6) is 0.767. The quantitative estimate of drug-likeness (QED) is 0.813. The first kappa shape index (κ1) is 11.4. The first-order valence-corrected chi connectivity index (χ1v) is 4.08. The Balaban J connectivity index is 0.00000112. The van der Waals surface area contributed by atoms with Crippen LogP contribution in [0.2, 0.25) is 0 Å². The summed E-state index contributed by atoms with van der Waals surface area (Å²) in [4.78, 5) is 11.7. The third kappa shape index (κ3) is 2.63. The maximum Gasteiger partial charge on any atom is 0.225 e. The second-order valence-electron chi connectivity index (χ2n) is 2.74. The molecule has 0 amide bonds. The van der Waals surface area contributed by atoms with E-state index in [9.17, 15) is 0 Å². The highest BCUT2D eigenvalue weighted by molar-refractivity contribution is 8.93. The van der Waals surface area contributed by atoms with Crippen LogP contribution in [0.5, 0.6) is 0 Å². The molecule has 0 radical (unpaired) electrons. The monoisotopic (exact) mass is 267 g/mol. The van der Waals surface area contributed by atoms with Crippen molar-refractivity contribution in [1.82, 2.24) is 15.0 Å². The van der Waals surface area contributed by atoms with Crippen LogP contribution >= 0.6 is 17.0 Å². The molecule has 0 unspecified atom stereocenters. The standard InChI is InChI=1S/C9H9N5.BrH/c10-8-12-7(13-9(11)14-8)6-4-2-1-3-5-6;/h1-5H,(H4,10,11,12,13,14);1H. The summed E-state index contributed by atoms with van der Waals surface area (Å²) in [6.45, 7) is 0. The molecule has 2 aromatic rings. The summed E-state index contributed by atoms with van der Waals surface area (Å²) < 4.78 is 0. The van der Waals surface area contributed by atoms with E-state index in [1.54, 1.807) is 0 Å². The molecule has 1 aromatic heterocycles. The molecular formula is C9H10BrN5. The Kier molecular flexibility index (Phi) is 3.56. The summed E-state index contributed by atoms with van der Waals surface area (Å²) in [7, 11) is 0. The fourth-order valence-corrected chi connectivity index (χ4v) is 1.13. The Morgan fingerprint density at radius 1 is 0.800 bits per heavy atom. The largest absolute Gasteiger partial charge is 0.368 e. The number of benzene rings is 1. The molecular weight excluding hydrogens is 258 g/mol. The maximum atomic E-state index is 5.45. The topological polar surface area (TPSA) is 90.7 Å². The third-order valence-electron chi connectivity index (χ3n) is 1.70. The predicted molar refractivity (Wildman–Crippen MR) is 64.4 cm³/mol. The van der Waals surface area contributed by atoms with Crippen LogP contribution in [0.4, 0.5) is 11.9 Å². The zero-order chi connectivity index (χ0) is 9.97. The summed E-state index contributed by atoms with van der Waals surface area (Å²) in [6.07, 6.45) is 0. The van der Waals surface area contributed by atoms with Gasteiger partial charge in [0.15, 0.2) is 5.82 Å². The summed E-state index contributed by atoms with van der Waals surface area (Å²) >= 11 is 0. The highest BCUT2D eigenvalue weighted by Gasteiger charge is 2.03. The first-order chi connectivity index (χ1) is 6.75. The van der Waals surface area contributed by atoms with Gasteiger partial charge in [0, 0.05) is 5.56 Å². The van der Waals surface area contributed by atoms with E-state index in [1.165, 1.54) is 0 Å². The number of nitrogens with two attached hydrogens (primary N) is 2. The average Bonchev–Trinajstić information content (AvgIpc) is 2.18. The molecule has 6 heteroatoms. The minimum Gasteiger partial charge on any atom is -0.368 e. The molecule has 5 nitrogen and oxygen atoms in total. The predicted octanol–water partition coefficient (Wildman–Crippen LogP) is 1.28. The highest BCUT2D eigenvalue weighted by Crippen LogP contribution is 2.14. The molecule has 0 aliphatic carbocycles. The van der Waals surface area contributed by atoms with E-state index < -0.39 is 0 Å². The first-order valence-electron chi connectivity index (χ1n) is 4.08. The van der Waals surface area contributed by atoms with E-state index in [0.29, 0.717) is 5.82 Å². The lowest BCUT2D eigenvalue weighted by molar-refractivity contribution is 1.09. The number of aromatic nitrogens is 3. The van der Waals surface area contributed by atoms with Crippen LogP contribution in [0.1, 0.15) is 0 Å². The van der Waals surface area contributed by atoms with Crippen LogP contribution in [0, 0.1) is 0 Å². The number of rotatable bonds is 1. The van der Waals surface area contributed by atoms with Gasteiger partial charge in [-0.25, -0.2) is 0 Å². The van der Waals surface area contributed by atoms with Crippen LogP contribution in [-0.2, 0) is 0 Å². The SMILES string of the molecule is Br.Nc1nc(N)nc(-c2ccccc2)n1. The summed E-state index contributed by atoms with van der Waals surface area (Å²) in [5.41, 5.74) is 11.8. The van der Waals surface area contributed by atoms with Gasteiger partial charge in [-0.1, -0.05) is 30.3 Å². The van der Waals surface area contributed by atoms with E-state index in [2.05, 4.69) is 15.0 Å². The highest BCUT2D eigenvalue weighted by atomic mass is 79.9. The molecule has 0 aliphatic heterocycles. The number of anilines is 2. The fourth-order valence-electron chi connectivity index (χ4n) is 1.13. The van der Waals surface area contributed by atoms with Gasteiger partial charge in [0.1, 0.15) is 0 Å². The minimum atomic E-state index is 0. The second kappa shape index (κ2) is 4.70. The van der Waals surface area contributed by atoms with Crippen molar-refractivity contribution < 1.29 is 0 Å². The van der Waals surface area contributed by atoms with E-state index in [-0.39, 0.29) is 28.9 Å². The van der Waals surface area contributed by atoms with Crippen molar-refractivity contribution in [3.8, 4) is 11.4 Å². The molecule has 0 fully saturated rings.